The minimum atomic E-state index is -5.41. The Morgan fingerprint density at radius 2 is 1.79 bits per heavy atom. The fraction of sp³-hybridized carbons (Fsp3) is 0.900. The molecule has 0 fully saturated rings. The Hall–Kier alpha value is -0.830. The summed E-state index contributed by atoms with van der Waals surface area (Å²) in [6, 6.07) is 0. The van der Waals surface area contributed by atoms with Crippen molar-refractivity contribution < 1.29 is 31.1 Å². The van der Waals surface area contributed by atoms with E-state index in [0.717, 1.165) is 0 Å². The summed E-state index contributed by atoms with van der Waals surface area (Å²) in [5.74, 6) is -0.589. The van der Waals surface area contributed by atoms with Crippen LogP contribution < -0.4 is 4.72 Å². The molecule has 0 aliphatic carbocycles. The Labute approximate surface area is 110 Å². The van der Waals surface area contributed by atoms with E-state index in [2.05, 4.69) is 0 Å². The monoisotopic (exact) mass is 305 g/mol. The lowest BCUT2D eigenvalue weighted by atomic mass is 9.91. The Morgan fingerprint density at radius 1 is 1.32 bits per heavy atom. The van der Waals surface area contributed by atoms with Gasteiger partial charge < -0.3 is 4.74 Å². The third-order valence-corrected chi connectivity index (χ3v) is 3.77. The van der Waals surface area contributed by atoms with Gasteiger partial charge in [-0.2, -0.15) is 13.2 Å². The van der Waals surface area contributed by atoms with Gasteiger partial charge in [0.1, 0.15) is 6.10 Å². The van der Waals surface area contributed by atoms with E-state index in [0.29, 0.717) is 6.42 Å². The number of carbonyl (C=O) groups is 1. The lowest BCUT2D eigenvalue weighted by Crippen LogP contribution is -2.41. The molecule has 0 bridgehead atoms. The number of esters is 1. The minimum Gasteiger partial charge on any atom is -0.461 e. The summed E-state index contributed by atoms with van der Waals surface area (Å²) in [6.07, 6.45) is -0.497. The van der Waals surface area contributed by atoms with Crippen LogP contribution in [0, 0.1) is 5.41 Å². The van der Waals surface area contributed by atoms with Gasteiger partial charge in [-0.25, -0.2) is 13.1 Å². The van der Waals surface area contributed by atoms with Crippen molar-refractivity contribution in [1.29, 1.82) is 0 Å². The third-order valence-electron chi connectivity index (χ3n) is 2.61. The highest BCUT2D eigenvalue weighted by Gasteiger charge is 2.45. The summed E-state index contributed by atoms with van der Waals surface area (Å²) in [4.78, 5) is 11.6. The van der Waals surface area contributed by atoms with Gasteiger partial charge in [0.05, 0.1) is 5.41 Å². The zero-order valence-corrected chi connectivity index (χ0v) is 12.0. The smallest absolute Gasteiger partial charge is 0.461 e. The van der Waals surface area contributed by atoms with Crippen molar-refractivity contribution in [1.82, 2.24) is 4.72 Å². The van der Waals surface area contributed by atoms with Gasteiger partial charge >= 0.3 is 21.5 Å². The predicted molar refractivity (Wildman–Crippen MR) is 62.6 cm³/mol. The van der Waals surface area contributed by atoms with Crippen LogP contribution in [-0.4, -0.2) is 32.5 Å². The molecule has 114 valence electrons. The first-order chi connectivity index (χ1) is 8.33. The molecule has 0 aliphatic rings. The summed E-state index contributed by atoms with van der Waals surface area (Å²) in [5, 5.41) is 0. The van der Waals surface area contributed by atoms with E-state index in [1.54, 1.807) is 20.8 Å². The van der Waals surface area contributed by atoms with E-state index in [-0.39, 0.29) is 0 Å². The Balaban J connectivity index is 4.44. The van der Waals surface area contributed by atoms with Crippen LogP contribution in [0.5, 0.6) is 0 Å². The van der Waals surface area contributed by atoms with Gasteiger partial charge in [0.2, 0.25) is 0 Å². The predicted octanol–water partition coefficient (Wildman–Crippen LogP) is 1.79. The quantitative estimate of drug-likeness (QED) is 0.759. The molecule has 0 aliphatic heterocycles. The molecule has 0 radical (unpaired) electrons. The molecule has 0 spiro atoms. The van der Waals surface area contributed by atoms with Crippen LogP contribution in [-0.2, 0) is 19.6 Å². The first kappa shape index (κ1) is 18.2. The topological polar surface area (TPSA) is 72.5 Å². The first-order valence-corrected chi connectivity index (χ1v) is 7.09. The lowest BCUT2D eigenvalue weighted by Gasteiger charge is -2.23. The lowest BCUT2D eigenvalue weighted by molar-refractivity contribution is -0.158. The average Bonchev–Trinajstić information content (AvgIpc) is 2.24. The maximum Gasteiger partial charge on any atom is 0.511 e. The number of alkyl halides is 3. The van der Waals surface area contributed by atoms with Gasteiger partial charge in [0, 0.05) is 6.54 Å². The highest BCUT2D eigenvalue weighted by Crippen LogP contribution is 2.23. The minimum absolute atomic E-state index is 0.493. The average molecular weight is 305 g/mol. The second kappa shape index (κ2) is 6.08. The number of sulfonamides is 1. The van der Waals surface area contributed by atoms with E-state index in [1.165, 1.54) is 11.6 Å². The molecule has 19 heavy (non-hydrogen) atoms. The molecular formula is C10H18F3NO4S. The van der Waals surface area contributed by atoms with Crippen LogP contribution in [0.2, 0.25) is 0 Å². The number of carbonyl (C=O) groups excluding carboxylic acids is 1. The van der Waals surface area contributed by atoms with E-state index in [1.807, 2.05) is 0 Å². The summed E-state index contributed by atoms with van der Waals surface area (Å²) in [6.45, 7) is 5.69. The van der Waals surface area contributed by atoms with Crippen LogP contribution in [0.3, 0.4) is 0 Å². The van der Waals surface area contributed by atoms with Crippen molar-refractivity contribution in [2.75, 3.05) is 6.54 Å². The largest absolute Gasteiger partial charge is 0.511 e. The van der Waals surface area contributed by atoms with Crippen molar-refractivity contribution in [2.45, 2.75) is 45.7 Å². The van der Waals surface area contributed by atoms with Gasteiger partial charge in [-0.15, -0.1) is 0 Å². The molecule has 1 atom stereocenters. The summed E-state index contributed by atoms with van der Waals surface area (Å²) in [7, 11) is -5.41. The molecule has 5 nitrogen and oxygen atoms in total. The summed E-state index contributed by atoms with van der Waals surface area (Å²) in [5.41, 5.74) is -6.14. The summed E-state index contributed by atoms with van der Waals surface area (Å²) >= 11 is 0. The highest BCUT2D eigenvalue weighted by molar-refractivity contribution is 7.90. The second-order valence-electron chi connectivity index (χ2n) is 4.75. The molecule has 0 saturated carbocycles. The number of nitrogens with one attached hydrogen (secondary N) is 1. The van der Waals surface area contributed by atoms with Gasteiger partial charge in [0.25, 0.3) is 0 Å². The Morgan fingerprint density at radius 3 is 2.16 bits per heavy atom. The van der Waals surface area contributed by atoms with Crippen molar-refractivity contribution in [2.24, 2.45) is 5.41 Å². The first-order valence-electron chi connectivity index (χ1n) is 5.60. The standard InChI is InChI=1S/C10H18F3NO4S/c1-5-9(3,4)8(15)18-7(2)6-14-19(16,17)10(11,12)13/h7,14H,5-6H2,1-4H3. The molecular weight excluding hydrogens is 287 g/mol. The van der Waals surface area contributed by atoms with Gasteiger partial charge in [-0.3, -0.25) is 4.79 Å². The summed E-state index contributed by atoms with van der Waals surface area (Å²) < 4.78 is 63.8. The van der Waals surface area contributed by atoms with E-state index in [9.17, 15) is 26.4 Å². The maximum absolute atomic E-state index is 12.0. The number of hydrogen-bond donors (Lipinski definition) is 1. The van der Waals surface area contributed by atoms with Crippen LogP contribution >= 0.6 is 0 Å². The maximum atomic E-state index is 12.0. The second-order valence-corrected chi connectivity index (χ2v) is 6.51. The normalized spacial score (nSPS) is 15.1. The van der Waals surface area contributed by atoms with Crippen LogP contribution in [0.1, 0.15) is 34.1 Å². The van der Waals surface area contributed by atoms with E-state index >= 15 is 0 Å². The van der Waals surface area contributed by atoms with Gasteiger partial charge in [-0.05, 0) is 27.2 Å². The molecule has 0 saturated heterocycles. The van der Waals surface area contributed by atoms with Gasteiger partial charge in [-0.1, -0.05) is 6.92 Å². The molecule has 0 aromatic heterocycles. The SMILES string of the molecule is CCC(C)(C)C(=O)OC(C)CNS(=O)(=O)C(F)(F)F. The van der Waals surface area contributed by atoms with Crippen molar-refractivity contribution in [3.05, 3.63) is 0 Å². The molecule has 0 heterocycles. The highest BCUT2D eigenvalue weighted by atomic mass is 32.2. The number of rotatable bonds is 6. The van der Waals surface area contributed by atoms with E-state index < -0.39 is 39.6 Å². The third kappa shape index (κ3) is 5.35. The number of ether oxygens (including phenoxy) is 1. The van der Waals surface area contributed by atoms with E-state index in [4.69, 9.17) is 4.74 Å². The molecule has 0 aromatic rings. The molecule has 0 rings (SSSR count). The zero-order chi connectivity index (χ0) is 15.5. The fourth-order valence-electron chi connectivity index (χ4n) is 0.837. The van der Waals surface area contributed by atoms with Gasteiger partial charge in [0.15, 0.2) is 0 Å². The van der Waals surface area contributed by atoms with Crippen molar-refractivity contribution in [3.63, 3.8) is 0 Å². The number of halogens is 3. The Kier molecular flexibility index (Phi) is 5.82. The molecule has 0 amide bonds. The molecule has 1 unspecified atom stereocenters. The Bertz CT molecular complexity index is 417. The van der Waals surface area contributed by atoms with Crippen molar-refractivity contribution in [3.8, 4) is 0 Å². The zero-order valence-electron chi connectivity index (χ0n) is 11.2. The molecule has 9 heteroatoms. The molecule has 1 N–H and O–H groups in total. The number of hydrogen-bond acceptors (Lipinski definition) is 4. The van der Waals surface area contributed by atoms with Crippen LogP contribution in [0.25, 0.3) is 0 Å². The molecule has 0 aromatic carbocycles. The van der Waals surface area contributed by atoms with Crippen molar-refractivity contribution >= 4 is 16.0 Å². The van der Waals surface area contributed by atoms with Crippen LogP contribution in [0.15, 0.2) is 0 Å². The fourth-order valence-corrected chi connectivity index (χ4v) is 1.45. The van der Waals surface area contributed by atoms with Crippen LogP contribution in [0.4, 0.5) is 13.2 Å².